The van der Waals surface area contributed by atoms with E-state index in [1.54, 1.807) is 24.3 Å². The number of aryl methyl sites for hydroxylation is 1. The second kappa shape index (κ2) is 9.14. The molecule has 0 fully saturated rings. The zero-order valence-electron chi connectivity index (χ0n) is 15.5. The summed E-state index contributed by atoms with van der Waals surface area (Å²) in [6.07, 6.45) is 0. The van der Waals surface area contributed by atoms with Crippen molar-refractivity contribution >= 4 is 29.3 Å². The van der Waals surface area contributed by atoms with Crippen LogP contribution in [0.4, 0.5) is 5.69 Å². The van der Waals surface area contributed by atoms with Crippen molar-refractivity contribution in [1.82, 2.24) is 9.97 Å². The number of carbonyl (C=O) groups excluding carboxylic acids is 2. The molecule has 1 heterocycles. The van der Waals surface area contributed by atoms with Gasteiger partial charge in [0.15, 0.2) is 5.16 Å². The second-order valence-corrected chi connectivity index (χ2v) is 6.89. The zero-order chi connectivity index (χ0) is 19.9. The molecule has 142 valence electrons. The van der Waals surface area contributed by atoms with Crippen LogP contribution in [0, 0.1) is 6.92 Å². The lowest BCUT2D eigenvalue weighted by molar-refractivity contribution is -0.113. The number of amides is 1. The van der Waals surface area contributed by atoms with Gasteiger partial charge in [-0.05, 0) is 31.2 Å². The van der Waals surface area contributed by atoms with Gasteiger partial charge in [0.1, 0.15) is 0 Å². The van der Waals surface area contributed by atoms with Crippen LogP contribution in [0.5, 0.6) is 0 Å². The number of ether oxygens (including phenoxy) is 1. The number of rotatable bonds is 6. The van der Waals surface area contributed by atoms with Crippen LogP contribution in [-0.2, 0) is 9.53 Å². The van der Waals surface area contributed by atoms with Crippen molar-refractivity contribution in [3.8, 4) is 11.3 Å². The predicted molar refractivity (Wildman–Crippen MR) is 109 cm³/mol. The van der Waals surface area contributed by atoms with Gasteiger partial charge in [-0.2, -0.15) is 0 Å². The molecule has 0 aliphatic rings. The lowest BCUT2D eigenvalue weighted by Crippen LogP contribution is -2.15. The van der Waals surface area contributed by atoms with Gasteiger partial charge in [0, 0.05) is 16.9 Å². The first kappa shape index (κ1) is 19.6. The molecule has 0 saturated carbocycles. The summed E-state index contributed by atoms with van der Waals surface area (Å²) in [5.41, 5.74) is 3.56. The Morgan fingerprint density at radius 1 is 1.04 bits per heavy atom. The number of nitrogens with zero attached hydrogens (tertiary/aromatic N) is 2. The van der Waals surface area contributed by atoms with Crippen LogP contribution < -0.4 is 5.32 Å². The summed E-state index contributed by atoms with van der Waals surface area (Å²) in [6.45, 7) is 1.90. The minimum absolute atomic E-state index is 0.153. The van der Waals surface area contributed by atoms with Gasteiger partial charge in [0.05, 0.1) is 24.1 Å². The van der Waals surface area contributed by atoms with Crippen LogP contribution in [0.15, 0.2) is 65.8 Å². The number of hydrogen-bond acceptors (Lipinski definition) is 6. The minimum atomic E-state index is -0.452. The highest BCUT2D eigenvalue weighted by Crippen LogP contribution is 2.22. The zero-order valence-corrected chi connectivity index (χ0v) is 16.3. The summed E-state index contributed by atoms with van der Waals surface area (Å²) < 4.78 is 4.69. The van der Waals surface area contributed by atoms with Crippen LogP contribution in [0.25, 0.3) is 11.3 Å². The van der Waals surface area contributed by atoms with Gasteiger partial charge in [-0.1, -0.05) is 48.2 Å². The lowest BCUT2D eigenvalue weighted by Gasteiger charge is -2.08. The summed E-state index contributed by atoms with van der Waals surface area (Å²) in [5.74, 6) is -0.509. The van der Waals surface area contributed by atoms with Crippen molar-refractivity contribution in [2.75, 3.05) is 18.2 Å². The van der Waals surface area contributed by atoms with E-state index in [0.717, 1.165) is 17.0 Å². The molecular formula is C21H19N3O3S. The summed E-state index contributed by atoms with van der Waals surface area (Å²) in [7, 11) is 1.32. The van der Waals surface area contributed by atoms with Crippen molar-refractivity contribution in [2.45, 2.75) is 12.1 Å². The Kier molecular flexibility index (Phi) is 6.39. The first-order chi connectivity index (χ1) is 13.5. The first-order valence-electron chi connectivity index (χ1n) is 8.57. The molecule has 7 heteroatoms. The molecule has 28 heavy (non-hydrogen) atoms. The molecule has 1 amide bonds. The fraction of sp³-hybridized carbons (Fsp3) is 0.143. The summed E-state index contributed by atoms with van der Waals surface area (Å²) >= 11 is 1.26. The minimum Gasteiger partial charge on any atom is -0.465 e. The van der Waals surface area contributed by atoms with E-state index < -0.39 is 5.97 Å². The number of aromatic nitrogens is 2. The number of nitrogens with one attached hydrogen (secondary N) is 1. The molecular weight excluding hydrogens is 374 g/mol. The van der Waals surface area contributed by atoms with E-state index in [1.807, 2.05) is 43.3 Å². The number of thioether (sulfide) groups is 1. The van der Waals surface area contributed by atoms with E-state index in [-0.39, 0.29) is 11.7 Å². The van der Waals surface area contributed by atoms with Crippen molar-refractivity contribution in [2.24, 2.45) is 0 Å². The third-order valence-electron chi connectivity index (χ3n) is 3.80. The third kappa shape index (κ3) is 5.17. The Balaban J connectivity index is 1.65. The maximum absolute atomic E-state index is 12.3. The van der Waals surface area contributed by atoms with Crippen LogP contribution in [0.3, 0.4) is 0 Å². The molecule has 2 aromatic carbocycles. The predicted octanol–water partition coefficient (Wildman–Crippen LogP) is 3.97. The number of anilines is 1. The van der Waals surface area contributed by atoms with E-state index in [4.69, 9.17) is 0 Å². The number of carbonyl (C=O) groups is 2. The van der Waals surface area contributed by atoms with Gasteiger partial charge in [0.2, 0.25) is 5.91 Å². The third-order valence-corrected chi connectivity index (χ3v) is 4.65. The van der Waals surface area contributed by atoms with E-state index in [1.165, 1.54) is 18.9 Å². The van der Waals surface area contributed by atoms with Gasteiger partial charge >= 0.3 is 5.97 Å². The smallest absolute Gasteiger partial charge is 0.337 e. The molecule has 3 rings (SSSR count). The molecule has 0 radical (unpaired) electrons. The number of methoxy groups -OCH3 is 1. The van der Waals surface area contributed by atoms with E-state index >= 15 is 0 Å². The van der Waals surface area contributed by atoms with Gasteiger partial charge in [-0.15, -0.1) is 0 Å². The second-order valence-electron chi connectivity index (χ2n) is 5.95. The Morgan fingerprint density at radius 3 is 2.57 bits per heavy atom. The molecule has 0 unspecified atom stereocenters. The Labute approximate surface area is 167 Å². The first-order valence-corrected chi connectivity index (χ1v) is 9.56. The average molecular weight is 393 g/mol. The summed E-state index contributed by atoms with van der Waals surface area (Å²) in [4.78, 5) is 32.8. The van der Waals surface area contributed by atoms with E-state index in [2.05, 4.69) is 20.0 Å². The van der Waals surface area contributed by atoms with Crippen LogP contribution in [0.2, 0.25) is 0 Å². The average Bonchev–Trinajstić information content (AvgIpc) is 2.72. The molecule has 6 nitrogen and oxygen atoms in total. The monoisotopic (exact) mass is 393 g/mol. The fourth-order valence-electron chi connectivity index (χ4n) is 2.53. The van der Waals surface area contributed by atoms with Gasteiger partial charge in [-0.25, -0.2) is 14.8 Å². The maximum Gasteiger partial charge on any atom is 0.337 e. The summed E-state index contributed by atoms with van der Waals surface area (Å²) in [5, 5.41) is 3.31. The summed E-state index contributed by atoms with van der Waals surface area (Å²) in [6, 6.07) is 18.3. The molecule has 0 saturated heterocycles. The molecule has 0 aliphatic heterocycles. The molecule has 0 atom stereocenters. The molecule has 0 spiro atoms. The lowest BCUT2D eigenvalue weighted by atomic mass is 10.1. The van der Waals surface area contributed by atoms with E-state index in [9.17, 15) is 9.59 Å². The van der Waals surface area contributed by atoms with Crippen molar-refractivity contribution in [3.05, 3.63) is 71.9 Å². The highest BCUT2D eigenvalue weighted by atomic mass is 32.2. The number of hydrogen-bond donors (Lipinski definition) is 1. The molecule has 0 aliphatic carbocycles. The van der Waals surface area contributed by atoms with Crippen LogP contribution in [-0.4, -0.2) is 34.7 Å². The van der Waals surface area contributed by atoms with Crippen molar-refractivity contribution in [1.29, 1.82) is 0 Å². The quantitative estimate of drug-likeness (QED) is 0.388. The number of esters is 1. The van der Waals surface area contributed by atoms with Gasteiger partial charge in [-0.3, -0.25) is 4.79 Å². The van der Waals surface area contributed by atoms with E-state index in [0.29, 0.717) is 16.4 Å². The van der Waals surface area contributed by atoms with Crippen molar-refractivity contribution in [3.63, 3.8) is 0 Å². The largest absolute Gasteiger partial charge is 0.465 e. The topological polar surface area (TPSA) is 81.2 Å². The Hall–Kier alpha value is -3.19. The molecule has 3 aromatic rings. The maximum atomic E-state index is 12.3. The molecule has 1 aromatic heterocycles. The Morgan fingerprint density at radius 2 is 1.82 bits per heavy atom. The number of benzene rings is 2. The normalized spacial score (nSPS) is 10.4. The highest BCUT2D eigenvalue weighted by molar-refractivity contribution is 7.99. The van der Waals surface area contributed by atoms with Crippen LogP contribution in [0.1, 0.15) is 16.1 Å². The van der Waals surface area contributed by atoms with Gasteiger partial charge < -0.3 is 10.1 Å². The SMILES string of the molecule is COC(=O)c1cccc(NC(=O)CSc2nc(C)cc(-c3ccccc3)n2)c1. The standard InChI is InChI=1S/C21H19N3O3S/c1-14-11-18(15-7-4-3-5-8-15)24-21(22-14)28-13-19(25)23-17-10-6-9-16(12-17)20(26)27-2/h3-12H,13H2,1-2H3,(H,23,25). The van der Waals surface area contributed by atoms with Crippen molar-refractivity contribution < 1.29 is 14.3 Å². The highest BCUT2D eigenvalue weighted by Gasteiger charge is 2.10. The van der Waals surface area contributed by atoms with Crippen LogP contribution >= 0.6 is 11.8 Å². The Bertz CT molecular complexity index is 993. The fourth-order valence-corrected chi connectivity index (χ4v) is 3.24. The molecule has 1 N–H and O–H groups in total. The molecule has 0 bridgehead atoms. The van der Waals surface area contributed by atoms with Gasteiger partial charge in [0.25, 0.3) is 0 Å².